The normalized spacial score (nSPS) is 9.57. The van der Waals surface area contributed by atoms with Gasteiger partial charge in [-0.05, 0) is 13.0 Å². The smallest absolute Gasteiger partial charge is 0.128 e. The molecule has 0 aliphatic rings. The summed E-state index contributed by atoms with van der Waals surface area (Å²) in [5.41, 5.74) is 0.506. The third kappa shape index (κ3) is 2.39. The van der Waals surface area contributed by atoms with Crippen molar-refractivity contribution < 1.29 is 4.39 Å². The van der Waals surface area contributed by atoms with Gasteiger partial charge in [0.2, 0.25) is 0 Å². The minimum Gasteiger partial charge on any atom is -0.287 e. The molecule has 0 aromatic heterocycles. The summed E-state index contributed by atoms with van der Waals surface area (Å²) in [4.78, 5) is 0. The number of nitrogens with one attached hydrogen (secondary N) is 1. The van der Waals surface area contributed by atoms with Gasteiger partial charge in [-0.15, -0.1) is 0 Å². The number of rotatable bonds is 3. The SMILES string of the molecule is C=NN(Cc1ccccc1F)C(C)=N. The van der Waals surface area contributed by atoms with E-state index >= 15 is 0 Å². The van der Waals surface area contributed by atoms with Crippen LogP contribution in [-0.4, -0.2) is 17.6 Å². The van der Waals surface area contributed by atoms with Crippen molar-refractivity contribution in [2.45, 2.75) is 13.5 Å². The van der Waals surface area contributed by atoms with Gasteiger partial charge in [0.15, 0.2) is 0 Å². The maximum Gasteiger partial charge on any atom is 0.128 e. The summed E-state index contributed by atoms with van der Waals surface area (Å²) >= 11 is 0. The molecule has 0 unspecified atom stereocenters. The van der Waals surface area contributed by atoms with Gasteiger partial charge in [-0.2, -0.15) is 5.10 Å². The van der Waals surface area contributed by atoms with Gasteiger partial charge in [0.1, 0.15) is 11.7 Å². The molecule has 1 N–H and O–H groups in total. The number of halogens is 1. The Balaban J connectivity index is 2.82. The van der Waals surface area contributed by atoms with Crippen molar-refractivity contribution in [1.29, 1.82) is 5.41 Å². The van der Waals surface area contributed by atoms with E-state index in [4.69, 9.17) is 5.41 Å². The lowest BCUT2D eigenvalue weighted by Crippen LogP contribution is -2.21. The van der Waals surface area contributed by atoms with Gasteiger partial charge in [0, 0.05) is 12.3 Å². The van der Waals surface area contributed by atoms with Crippen LogP contribution in [0.2, 0.25) is 0 Å². The number of hydrogen-bond donors (Lipinski definition) is 1. The van der Waals surface area contributed by atoms with Crippen LogP contribution in [0.5, 0.6) is 0 Å². The zero-order chi connectivity index (χ0) is 10.6. The summed E-state index contributed by atoms with van der Waals surface area (Å²) in [6, 6.07) is 6.42. The Morgan fingerprint density at radius 3 is 2.71 bits per heavy atom. The fraction of sp³-hybridized carbons (Fsp3) is 0.200. The van der Waals surface area contributed by atoms with E-state index in [0.29, 0.717) is 5.56 Å². The third-order valence-corrected chi connectivity index (χ3v) is 1.84. The summed E-state index contributed by atoms with van der Waals surface area (Å²) in [7, 11) is 0. The van der Waals surface area contributed by atoms with Crippen molar-refractivity contribution in [3.05, 3.63) is 35.6 Å². The molecule has 0 amide bonds. The molecule has 0 heterocycles. The highest BCUT2D eigenvalue weighted by molar-refractivity contribution is 5.76. The van der Waals surface area contributed by atoms with Crippen LogP contribution in [0, 0.1) is 11.2 Å². The van der Waals surface area contributed by atoms with Gasteiger partial charge < -0.3 is 0 Å². The van der Waals surface area contributed by atoms with Gasteiger partial charge >= 0.3 is 0 Å². The number of hydrazone groups is 1. The number of amidine groups is 1. The lowest BCUT2D eigenvalue weighted by molar-refractivity contribution is 0.425. The lowest BCUT2D eigenvalue weighted by atomic mass is 10.2. The average Bonchev–Trinajstić information content (AvgIpc) is 2.16. The van der Waals surface area contributed by atoms with Crippen LogP contribution in [0.25, 0.3) is 0 Å². The zero-order valence-electron chi connectivity index (χ0n) is 8.00. The van der Waals surface area contributed by atoms with Gasteiger partial charge in [-0.3, -0.25) is 5.41 Å². The minimum atomic E-state index is -0.289. The molecule has 4 heteroatoms. The van der Waals surface area contributed by atoms with E-state index in [-0.39, 0.29) is 18.2 Å². The van der Waals surface area contributed by atoms with Crippen LogP contribution in [0.3, 0.4) is 0 Å². The second-order valence-corrected chi connectivity index (χ2v) is 2.88. The topological polar surface area (TPSA) is 39.5 Å². The highest BCUT2D eigenvalue weighted by atomic mass is 19.1. The highest BCUT2D eigenvalue weighted by Gasteiger charge is 2.07. The molecule has 1 rings (SSSR count). The molecule has 74 valence electrons. The first-order valence-electron chi connectivity index (χ1n) is 4.18. The molecule has 14 heavy (non-hydrogen) atoms. The van der Waals surface area contributed by atoms with E-state index in [2.05, 4.69) is 11.8 Å². The molecule has 0 aliphatic carbocycles. The maximum atomic E-state index is 13.2. The Kier molecular flexibility index (Phi) is 3.34. The molecular weight excluding hydrogens is 181 g/mol. The van der Waals surface area contributed by atoms with E-state index < -0.39 is 0 Å². The first-order valence-corrected chi connectivity index (χ1v) is 4.18. The number of benzene rings is 1. The number of nitrogens with zero attached hydrogens (tertiary/aromatic N) is 2. The Morgan fingerprint density at radius 1 is 1.57 bits per heavy atom. The fourth-order valence-electron chi connectivity index (χ4n) is 1.06. The predicted octanol–water partition coefficient (Wildman–Crippen LogP) is 2.24. The van der Waals surface area contributed by atoms with E-state index in [9.17, 15) is 4.39 Å². The van der Waals surface area contributed by atoms with Crippen LogP contribution in [0.4, 0.5) is 4.39 Å². The van der Waals surface area contributed by atoms with E-state index in [1.165, 1.54) is 11.1 Å². The molecule has 0 spiro atoms. The molecule has 0 aliphatic heterocycles. The van der Waals surface area contributed by atoms with Crippen molar-refractivity contribution in [2.24, 2.45) is 5.10 Å². The zero-order valence-corrected chi connectivity index (χ0v) is 8.00. The molecule has 0 saturated carbocycles. The van der Waals surface area contributed by atoms with Crippen LogP contribution < -0.4 is 0 Å². The third-order valence-electron chi connectivity index (χ3n) is 1.84. The van der Waals surface area contributed by atoms with E-state index in [0.717, 1.165) is 0 Å². The number of hydrogen-bond acceptors (Lipinski definition) is 2. The second-order valence-electron chi connectivity index (χ2n) is 2.88. The summed E-state index contributed by atoms with van der Waals surface area (Å²) in [5.74, 6) is -0.0503. The maximum absolute atomic E-state index is 13.2. The van der Waals surface area contributed by atoms with Crippen LogP contribution in [0.1, 0.15) is 12.5 Å². The van der Waals surface area contributed by atoms with Crippen LogP contribution in [0.15, 0.2) is 29.4 Å². The Bertz CT molecular complexity index is 349. The molecular formula is C10H12FN3. The van der Waals surface area contributed by atoms with Gasteiger partial charge in [-0.1, -0.05) is 18.2 Å². The predicted molar refractivity (Wildman–Crippen MR) is 54.9 cm³/mol. The van der Waals surface area contributed by atoms with Crippen molar-refractivity contribution >= 4 is 12.6 Å². The summed E-state index contributed by atoms with van der Waals surface area (Å²) in [6.45, 7) is 5.14. The molecule has 0 fully saturated rings. The highest BCUT2D eigenvalue weighted by Crippen LogP contribution is 2.09. The lowest BCUT2D eigenvalue weighted by Gasteiger charge is -2.16. The largest absolute Gasteiger partial charge is 0.287 e. The monoisotopic (exact) mass is 193 g/mol. The molecule has 0 radical (unpaired) electrons. The first kappa shape index (κ1) is 10.4. The molecule has 1 aromatic carbocycles. The first-order chi connectivity index (χ1) is 6.65. The van der Waals surface area contributed by atoms with Gasteiger partial charge in [0.25, 0.3) is 0 Å². The summed E-state index contributed by atoms with van der Waals surface area (Å²) in [6.07, 6.45) is 0. The van der Waals surface area contributed by atoms with Gasteiger partial charge in [-0.25, -0.2) is 9.40 Å². The Hall–Kier alpha value is -1.71. The Labute approximate surface area is 82.4 Å². The molecule has 0 atom stereocenters. The van der Waals surface area contributed by atoms with Crippen molar-refractivity contribution in [2.75, 3.05) is 0 Å². The molecule has 0 saturated heterocycles. The Morgan fingerprint density at radius 2 is 2.21 bits per heavy atom. The van der Waals surface area contributed by atoms with Crippen LogP contribution >= 0.6 is 0 Å². The fourth-order valence-corrected chi connectivity index (χ4v) is 1.06. The van der Waals surface area contributed by atoms with Crippen molar-refractivity contribution in [1.82, 2.24) is 5.01 Å². The second kappa shape index (κ2) is 4.50. The summed E-state index contributed by atoms with van der Waals surface area (Å²) in [5, 5.41) is 12.3. The summed E-state index contributed by atoms with van der Waals surface area (Å²) < 4.78 is 13.2. The van der Waals surface area contributed by atoms with Gasteiger partial charge in [0.05, 0.1) is 6.54 Å². The van der Waals surface area contributed by atoms with Crippen LogP contribution in [-0.2, 0) is 6.54 Å². The average molecular weight is 193 g/mol. The molecule has 3 nitrogen and oxygen atoms in total. The quantitative estimate of drug-likeness (QED) is 0.446. The van der Waals surface area contributed by atoms with Crippen molar-refractivity contribution in [3.8, 4) is 0 Å². The molecule has 1 aromatic rings. The van der Waals surface area contributed by atoms with E-state index in [1.807, 2.05) is 0 Å². The van der Waals surface area contributed by atoms with Crippen molar-refractivity contribution in [3.63, 3.8) is 0 Å². The van der Waals surface area contributed by atoms with E-state index in [1.54, 1.807) is 25.1 Å². The standard InChI is InChI=1S/C10H12FN3/c1-8(12)14(13-2)7-9-5-3-4-6-10(9)11/h3-6,12H,2,7H2,1H3. The molecule has 0 bridgehead atoms. The minimum absolute atomic E-state index is 0.239.